The van der Waals surface area contributed by atoms with Gasteiger partial charge in [-0.2, -0.15) is 0 Å². The average Bonchev–Trinajstić information content (AvgIpc) is 2.76. The molecule has 0 radical (unpaired) electrons. The Morgan fingerprint density at radius 3 is 2.39 bits per heavy atom. The lowest BCUT2D eigenvalue weighted by molar-refractivity contribution is 0.0689. The minimum absolute atomic E-state index is 0.00923. The molecule has 0 bridgehead atoms. The zero-order valence-electron chi connectivity index (χ0n) is 17.8. The lowest BCUT2D eigenvalue weighted by atomic mass is 10.2. The summed E-state index contributed by atoms with van der Waals surface area (Å²) in [7, 11) is 0. The van der Waals surface area contributed by atoms with E-state index >= 15 is 0 Å². The van der Waals surface area contributed by atoms with Crippen molar-refractivity contribution >= 4 is 22.0 Å². The first-order valence-electron chi connectivity index (χ1n) is 9.88. The Morgan fingerprint density at radius 2 is 1.76 bits per heavy atom. The van der Waals surface area contributed by atoms with Crippen LogP contribution in [0.3, 0.4) is 0 Å². The van der Waals surface area contributed by atoms with Crippen molar-refractivity contribution in [3.8, 4) is 11.4 Å². The van der Waals surface area contributed by atoms with Gasteiger partial charge in [-0.05, 0) is 59.6 Å². The molecule has 1 amide bonds. The molecule has 2 aromatic carbocycles. The summed E-state index contributed by atoms with van der Waals surface area (Å²) in [6, 6.07) is 10.4. The molecule has 0 saturated heterocycles. The average molecular weight is 525 g/mol. The van der Waals surface area contributed by atoms with Gasteiger partial charge in [0.1, 0.15) is 33.4 Å². The van der Waals surface area contributed by atoms with Gasteiger partial charge in [0.15, 0.2) is 6.73 Å². The highest BCUT2D eigenvalue weighted by atomic mass is 79.9. The number of pyridine rings is 1. The molecular weight excluding hydrogens is 505 g/mol. The number of aryl methyl sites for hydroxylation is 1. The molecule has 1 heterocycles. The van der Waals surface area contributed by atoms with Crippen molar-refractivity contribution in [3.05, 3.63) is 92.1 Å². The van der Waals surface area contributed by atoms with Crippen LogP contribution in [0, 0.1) is 24.4 Å². The first-order chi connectivity index (χ1) is 15.7. The van der Waals surface area contributed by atoms with Crippen LogP contribution >= 0.6 is 15.9 Å². The fourth-order valence-corrected chi connectivity index (χ4v) is 3.55. The Labute approximate surface area is 196 Å². The largest absolute Gasteiger partial charge is 0.471 e. The van der Waals surface area contributed by atoms with Crippen LogP contribution in [-0.2, 0) is 11.3 Å². The third kappa shape index (κ3) is 5.57. The van der Waals surface area contributed by atoms with Gasteiger partial charge < -0.3 is 9.47 Å². The van der Waals surface area contributed by atoms with E-state index in [1.165, 1.54) is 42.2 Å². The van der Waals surface area contributed by atoms with Crippen LogP contribution in [0.2, 0.25) is 0 Å². The summed E-state index contributed by atoms with van der Waals surface area (Å²) >= 11 is 3.12. The lowest BCUT2D eigenvalue weighted by Gasteiger charge is -2.23. The minimum Gasteiger partial charge on any atom is -0.471 e. The highest BCUT2D eigenvalue weighted by molar-refractivity contribution is 9.10. The normalized spacial score (nSPS) is 10.7. The summed E-state index contributed by atoms with van der Waals surface area (Å²) in [6.45, 7) is 2.91. The fourth-order valence-electron chi connectivity index (χ4n) is 3.15. The number of carbonyl (C=O) groups excluding carboxylic acids is 1. The van der Waals surface area contributed by atoms with Crippen molar-refractivity contribution in [2.75, 3.05) is 13.3 Å². The Hall–Kier alpha value is -3.27. The number of halogens is 4. The zero-order valence-corrected chi connectivity index (χ0v) is 19.4. The van der Waals surface area contributed by atoms with Crippen LogP contribution in [-0.4, -0.2) is 28.9 Å². The molecule has 3 aromatic rings. The van der Waals surface area contributed by atoms with Crippen LogP contribution in [0.15, 0.2) is 57.8 Å². The summed E-state index contributed by atoms with van der Waals surface area (Å²) in [6.07, 6.45) is -0.698. The van der Waals surface area contributed by atoms with Crippen molar-refractivity contribution in [3.63, 3.8) is 0 Å². The third-order valence-corrected chi connectivity index (χ3v) is 5.36. The number of aromatic nitrogens is 1. The highest BCUT2D eigenvalue weighted by Crippen LogP contribution is 2.26. The number of para-hydroxylation sites is 1. The molecule has 0 aliphatic rings. The number of benzene rings is 2. The molecular formula is C23H20BrF3N2O4. The quantitative estimate of drug-likeness (QED) is 0.392. The first kappa shape index (κ1) is 24.4. The van der Waals surface area contributed by atoms with Gasteiger partial charge in [-0.3, -0.25) is 14.3 Å². The van der Waals surface area contributed by atoms with E-state index in [1.54, 1.807) is 13.0 Å². The summed E-state index contributed by atoms with van der Waals surface area (Å²) in [4.78, 5) is 26.4. The molecule has 0 spiro atoms. The maximum Gasteiger partial charge on any atom is 0.412 e. The second kappa shape index (κ2) is 10.6. The van der Waals surface area contributed by atoms with Gasteiger partial charge in [0.2, 0.25) is 0 Å². The van der Waals surface area contributed by atoms with Crippen LogP contribution < -0.4 is 10.3 Å². The molecule has 0 atom stereocenters. The lowest BCUT2D eigenvalue weighted by Crippen LogP contribution is -2.35. The molecule has 3 rings (SSSR count). The van der Waals surface area contributed by atoms with E-state index in [0.717, 1.165) is 16.7 Å². The standard InChI is InChI=1S/C23H20BrF3N2O4/c1-3-32-23(31)28(12-15-6-4-7-16(25)11-15)13-33-19-10-14(2)29(22(30)20(19)24)21-17(26)8-5-9-18(21)27/h4-11H,3,12-13H2,1-2H3. The predicted octanol–water partition coefficient (Wildman–Crippen LogP) is 5.32. The van der Waals surface area contributed by atoms with E-state index in [9.17, 15) is 22.8 Å². The van der Waals surface area contributed by atoms with Crippen molar-refractivity contribution in [1.29, 1.82) is 0 Å². The van der Waals surface area contributed by atoms with Crippen LogP contribution in [0.4, 0.5) is 18.0 Å². The van der Waals surface area contributed by atoms with Crippen LogP contribution in [0.1, 0.15) is 18.2 Å². The molecule has 0 aliphatic carbocycles. The molecule has 33 heavy (non-hydrogen) atoms. The molecule has 0 fully saturated rings. The van der Waals surface area contributed by atoms with Crippen LogP contribution in [0.5, 0.6) is 5.75 Å². The number of rotatable bonds is 7. The zero-order chi connectivity index (χ0) is 24.1. The summed E-state index contributed by atoms with van der Waals surface area (Å²) < 4.78 is 53.5. The number of hydrogen-bond donors (Lipinski definition) is 0. The maximum absolute atomic E-state index is 14.2. The summed E-state index contributed by atoms with van der Waals surface area (Å²) in [5.74, 6) is -2.20. The minimum atomic E-state index is -0.899. The number of amides is 1. The Bertz CT molecular complexity index is 1210. The Kier molecular flexibility index (Phi) is 7.80. The van der Waals surface area contributed by atoms with Crippen molar-refractivity contribution in [2.45, 2.75) is 20.4 Å². The van der Waals surface area contributed by atoms with Crippen LogP contribution in [0.25, 0.3) is 5.69 Å². The first-order valence-corrected chi connectivity index (χ1v) is 10.7. The maximum atomic E-state index is 14.2. The van der Waals surface area contributed by atoms with E-state index in [0.29, 0.717) is 5.56 Å². The third-order valence-electron chi connectivity index (χ3n) is 4.63. The predicted molar refractivity (Wildman–Crippen MR) is 119 cm³/mol. The van der Waals surface area contributed by atoms with Gasteiger partial charge in [0.25, 0.3) is 5.56 Å². The molecule has 1 aromatic heterocycles. The molecule has 0 saturated carbocycles. The molecule has 0 N–H and O–H groups in total. The van der Waals surface area contributed by atoms with Gasteiger partial charge >= 0.3 is 6.09 Å². The monoisotopic (exact) mass is 524 g/mol. The summed E-state index contributed by atoms with van der Waals surface area (Å²) in [5.41, 5.74) is -0.546. The number of carbonyl (C=O) groups is 1. The van der Waals surface area contributed by atoms with Gasteiger partial charge in [-0.25, -0.2) is 18.0 Å². The van der Waals surface area contributed by atoms with E-state index in [1.807, 2.05) is 0 Å². The number of ether oxygens (including phenoxy) is 2. The van der Waals surface area contributed by atoms with Crippen molar-refractivity contribution in [2.24, 2.45) is 0 Å². The highest BCUT2D eigenvalue weighted by Gasteiger charge is 2.21. The smallest absolute Gasteiger partial charge is 0.412 e. The van der Waals surface area contributed by atoms with E-state index in [4.69, 9.17) is 9.47 Å². The molecule has 6 nitrogen and oxygen atoms in total. The molecule has 10 heteroatoms. The Balaban J connectivity index is 1.90. The molecule has 0 unspecified atom stereocenters. The van der Waals surface area contributed by atoms with Crippen molar-refractivity contribution < 1.29 is 27.4 Å². The van der Waals surface area contributed by atoms with Gasteiger partial charge in [-0.15, -0.1) is 0 Å². The second-order valence-electron chi connectivity index (χ2n) is 6.98. The second-order valence-corrected chi connectivity index (χ2v) is 7.77. The molecule has 0 aliphatic heterocycles. The summed E-state index contributed by atoms with van der Waals surface area (Å²) in [5, 5.41) is 0. The Morgan fingerprint density at radius 1 is 1.09 bits per heavy atom. The topological polar surface area (TPSA) is 60.8 Å². The SMILES string of the molecule is CCOC(=O)N(COc1cc(C)n(-c2c(F)cccc2F)c(=O)c1Br)Cc1cccc(F)c1. The number of nitrogens with zero attached hydrogens (tertiary/aromatic N) is 2. The van der Waals surface area contributed by atoms with Gasteiger partial charge in [0, 0.05) is 11.8 Å². The van der Waals surface area contributed by atoms with E-state index < -0.39 is 34.8 Å². The van der Waals surface area contributed by atoms with E-state index in [2.05, 4.69) is 15.9 Å². The van der Waals surface area contributed by atoms with Gasteiger partial charge in [0.05, 0.1) is 13.2 Å². The van der Waals surface area contributed by atoms with Gasteiger partial charge in [-0.1, -0.05) is 18.2 Å². The fraction of sp³-hybridized carbons (Fsp3) is 0.217. The number of hydrogen-bond acceptors (Lipinski definition) is 4. The van der Waals surface area contributed by atoms with Crippen molar-refractivity contribution in [1.82, 2.24) is 9.47 Å². The van der Waals surface area contributed by atoms with E-state index in [-0.39, 0.29) is 35.8 Å². The molecule has 174 valence electrons.